The van der Waals surface area contributed by atoms with Gasteiger partial charge in [-0.25, -0.2) is 22.5 Å². The van der Waals surface area contributed by atoms with Gasteiger partial charge in [-0.1, -0.05) is 51.3 Å². The van der Waals surface area contributed by atoms with Crippen LogP contribution >= 0.6 is 39.1 Å². The lowest BCUT2D eigenvalue weighted by Gasteiger charge is -2.13. The van der Waals surface area contributed by atoms with E-state index in [1.165, 1.54) is 24.3 Å². The Hall–Kier alpha value is -2.98. The second kappa shape index (κ2) is 11.6. The summed E-state index contributed by atoms with van der Waals surface area (Å²) >= 11 is 15.2. The first kappa shape index (κ1) is 27.1. The molecule has 0 spiro atoms. The average Bonchev–Trinajstić information content (AvgIpc) is 2.85. The standard InChI is InChI=1S/C26H18BrCl2FN2O4S/c27-18-5-9-22(10-6-18)37(34,35)32-26(33)24-3-1-2-21(31-24)13-17-12-19(28)8-11-25(17)36-15-16-4-7-20(29)14-23(16)30/h1-12,14H,13,15H2,(H,32,33). The molecule has 0 bridgehead atoms. The van der Waals surface area contributed by atoms with Gasteiger partial charge < -0.3 is 4.74 Å². The fourth-order valence-corrected chi connectivity index (χ4v) is 4.95. The summed E-state index contributed by atoms with van der Waals surface area (Å²) in [6, 6.07) is 19.9. The minimum atomic E-state index is -4.09. The Morgan fingerprint density at radius 3 is 2.38 bits per heavy atom. The molecule has 1 amide bonds. The third-order valence-electron chi connectivity index (χ3n) is 5.18. The highest BCUT2D eigenvalue weighted by molar-refractivity contribution is 9.10. The third kappa shape index (κ3) is 7.07. The highest BCUT2D eigenvalue weighted by Crippen LogP contribution is 2.27. The summed E-state index contributed by atoms with van der Waals surface area (Å²) in [5, 5.41) is 0.738. The molecular weight excluding hydrogens is 606 g/mol. The number of aromatic nitrogens is 1. The molecule has 1 aromatic heterocycles. The summed E-state index contributed by atoms with van der Waals surface area (Å²) in [5.74, 6) is -0.903. The average molecular weight is 624 g/mol. The van der Waals surface area contributed by atoms with Crippen molar-refractivity contribution in [3.63, 3.8) is 0 Å². The van der Waals surface area contributed by atoms with Crippen LogP contribution in [0.2, 0.25) is 10.0 Å². The van der Waals surface area contributed by atoms with Crippen LogP contribution in [0.15, 0.2) is 88.2 Å². The van der Waals surface area contributed by atoms with E-state index in [9.17, 15) is 17.6 Å². The first-order valence-electron chi connectivity index (χ1n) is 10.7. The Bertz CT molecular complexity index is 1570. The van der Waals surface area contributed by atoms with Crippen LogP contribution in [0.4, 0.5) is 4.39 Å². The number of carbonyl (C=O) groups excluding carboxylic acids is 1. The van der Waals surface area contributed by atoms with Crippen molar-refractivity contribution in [2.45, 2.75) is 17.9 Å². The number of carbonyl (C=O) groups is 1. The molecule has 1 heterocycles. The van der Waals surface area contributed by atoms with E-state index < -0.39 is 21.7 Å². The molecule has 0 saturated heterocycles. The second-order valence-electron chi connectivity index (χ2n) is 7.86. The molecule has 0 radical (unpaired) electrons. The predicted octanol–water partition coefficient (Wildman–Crippen LogP) is 6.58. The van der Waals surface area contributed by atoms with Crippen LogP contribution in [-0.4, -0.2) is 19.3 Å². The molecule has 6 nitrogen and oxygen atoms in total. The molecule has 0 aliphatic heterocycles. The molecular formula is C26H18BrCl2FN2O4S. The van der Waals surface area contributed by atoms with Gasteiger partial charge in [0.1, 0.15) is 23.9 Å². The molecule has 3 aromatic carbocycles. The van der Waals surface area contributed by atoms with Gasteiger partial charge >= 0.3 is 0 Å². The number of nitrogens with one attached hydrogen (secondary N) is 1. The summed E-state index contributed by atoms with van der Waals surface area (Å²) in [6.45, 7) is -0.0403. The molecule has 0 fully saturated rings. The van der Waals surface area contributed by atoms with Crippen LogP contribution in [-0.2, 0) is 23.1 Å². The number of halogens is 4. The molecule has 4 aromatic rings. The van der Waals surface area contributed by atoms with E-state index in [4.69, 9.17) is 27.9 Å². The zero-order valence-corrected chi connectivity index (χ0v) is 22.8. The zero-order chi connectivity index (χ0) is 26.6. The van der Waals surface area contributed by atoms with E-state index >= 15 is 0 Å². The van der Waals surface area contributed by atoms with Crippen LogP contribution in [0, 0.1) is 5.82 Å². The molecule has 11 heteroatoms. The molecule has 0 saturated carbocycles. The van der Waals surface area contributed by atoms with Gasteiger partial charge in [-0.05, 0) is 66.7 Å². The van der Waals surface area contributed by atoms with Crippen molar-refractivity contribution in [2.24, 2.45) is 0 Å². The molecule has 1 N–H and O–H groups in total. The van der Waals surface area contributed by atoms with Gasteiger partial charge in [0.05, 0.1) is 4.90 Å². The van der Waals surface area contributed by atoms with E-state index in [0.717, 1.165) is 0 Å². The molecule has 0 atom stereocenters. The summed E-state index contributed by atoms with van der Waals surface area (Å²) in [5.41, 5.74) is 1.37. The number of ether oxygens (including phenoxy) is 1. The van der Waals surface area contributed by atoms with Crippen molar-refractivity contribution in [1.29, 1.82) is 0 Å². The Kier molecular flexibility index (Phi) is 8.49. The van der Waals surface area contributed by atoms with Crippen LogP contribution in [0.25, 0.3) is 0 Å². The summed E-state index contributed by atoms with van der Waals surface area (Å²) in [6.07, 6.45) is 0.222. The first-order valence-corrected chi connectivity index (χ1v) is 13.8. The van der Waals surface area contributed by atoms with Crippen molar-refractivity contribution >= 4 is 55.1 Å². The fourth-order valence-electron chi connectivity index (χ4n) is 3.37. The molecule has 190 valence electrons. The second-order valence-corrected chi connectivity index (χ2v) is 11.3. The van der Waals surface area contributed by atoms with Gasteiger partial charge in [0.25, 0.3) is 15.9 Å². The van der Waals surface area contributed by atoms with E-state index in [1.807, 2.05) is 4.72 Å². The number of pyridine rings is 1. The minimum Gasteiger partial charge on any atom is -0.489 e. The van der Waals surface area contributed by atoms with Crippen molar-refractivity contribution in [1.82, 2.24) is 9.71 Å². The van der Waals surface area contributed by atoms with Crippen molar-refractivity contribution in [2.75, 3.05) is 0 Å². The zero-order valence-electron chi connectivity index (χ0n) is 18.9. The number of amides is 1. The topological polar surface area (TPSA) is 85.4 Å². The maximum atomic E-state index is 14.2. The molecule has 0 aliphatic carbocycles. The van der Waals surface area contributed by atoms with Crippen LogP contribution in [0.3, 0.4) is 0 Å². The van der Waals surface area contributed by atoms with Gasteiger partial charge in [0.2, 0.25) is 0 Å². The maximum Gasteiger partial charge on any atom is 0.283 e. The lowest BCUT2D eigenvalue weighted by Crippen LogP contribution is -2.31. The van der Waals surface area contributed by atoms with Crippen LogP contribution in [0.5, 0.6) is 5.75 Å². The maximum absolute atomic E-state index is 14.2. The highest BCUT2D eigenvalue weighted by Gasteiger charge is 2.20. The van der Waals surface area contributed by atoms with Gasteiger partial charge in [0.15, 0.2) is 0 Å². The molecule has 4 rings (SSSR count). The number of rotatable bonds is 8. The van der Waals surface area contributed by atoms with Crippen molar-refractivity contribution < 1.29 is 22.3 Å². The molecule has 0 aliphatic rings. The van der Waals surface area contributed by atoms with E-state index in [-0.39, 0.29) is 28.6 Å². The van der Waals surface area contributed by atoms with Gasteiger partial charge in [0, 0.05) is 37.8 Å². The van der Waals surface area contributed by atoms with Crippen LogP contribution in [0.1, 0.15) is 27.3 Å². The van der Waals surface area contributed by atoms with Crippen molar-refractivity contribution in [3.8, 4) is 5.75 Å². The van der Waals surface area contributed by atoms with Gasteiger partial charge in [-0.15, -0.1) is 0 Å². The smallest absolute Gasteiger partial charge is 0.283 e. The van der Waals surface area contributed by atoms with Gasteiger partial charge in [-0.2, -0.15) is 0 Å². The third-order valence-corrected chi connectivity index (χ3v) is 7.53. The minimum absolute atomic E-state index is 0.0403. The van der Waals surface area contributed by atoms with Gasteiger partial charge in [-0.3, -0.25) is 4.79 Å². The normalized spacial score (nSPS) is 11.2. The number of hydrogen-bond donors (Lipinski definition) is 1. The quantitative estimate of drug-likeness (QED) is 0.240. The highest BCUT2D eigenvalue weighted by atomic mass is 79.9. The number of sulfonamides is 1. The largest absolute Gasteiger partial charge is 0.489 e. The van der Waals surface area contributed by atoms with Crippen molar-refractivity contribution in [3.05, 3.63) is 122 Å². The lowest BCUT2D eigenvalue weighted by atomic mass is 10.1. The Morgan fingerprint density at radius 2 is 1.65 bits per heavy atom. The number of hydrogen-bond acceptors (Lipinski definition) is 5. The van der Waals surface area contributed by atoms with E-state index in [1.54, 1.807) is 54.6 Å². The Balaban J connectivity index is 1.51. The monoisotopic (exact) mass is 622 g/mol. The Labute approximate surface area is 231 Å². The summed E-state index contributed by atoms with van der Waals surface area (Å²) < 4.78 is 47.9. The lowest BCUT2D eigenvalue weighted by molar-refractivity contribution is 0.0976. The number of benzene rings is 3. The molecule has 0 unspecified atom stereocenters. The summed E-state index contributed by atoms with van der Waals surface area (Å²) in [4.78, 5) is 16.9. The van der Waals surface area contributed by atoms with E-state index in [2.05, 4.69) is 20.9 Å². The SMILES string of the molecule is O=C(NS(=O)(=O)c1ccc(Br)cc1)c1cccc(Cc2cc(Cl)ccc2OCc2ccc(Cl)cc2F)n1. The summed E-state index contributed by atoms with van der Waals surface area (Å²) in [7, 11) is -4.09. The predicted molar refractivity (Wildman–Crippen MR) is 143 cm³/mol. The first-order chi connectivity index (χ1) is 17.6. The number of nitrogens with zero attached hydrogens (tertiary/aromatic N) is 1. The van der Waals surface area contributed by atoms with Crippen LogP contribution < -0.4 is 9.46 Å². The molecule has 37 heavy (non-hydrogen) atoms. The fraction of sp³-hybridized carbons (Fsp3) is 0.0769. The van der Waals surface area contributed by atoms with E-state index in [0.29, 0.717) is 32.1 Å². The Morgan fingerprint density at radius 1 is 0.946 bits per heavy atom.